The predicted molar refractivity (Wildman–Crippen MR) is 121 cm³/mol. The van der Waals surface area contributed by atoms with Crippen LogP contribution in [0.1, 0.15) is 48.5 Å². The lowest BCUT2D eigenvalue weighted by Gasteiger charge is -2.37. The zero-order valence-electron chi connectivity index (χ0n) is 18.7. The van der Waals surface area contributed by atoms with E-state index in [1.165, 1.54) is 0 Å². The molecule has 2 aliphatic heterocycles. The number of hydrogen-bond donors (Lipinski definition) is 2. The Kier molecular flexibility index (Phi) is 7.73. The number of hydrogen-bond acceptors (Lipinski definition) is 6. The van der Waals surface area contributed by atoms with Gasteiger partial charge >= 0.3 is 0 Å². The van der Waals surface area contributed by atoms with E-state index < -0.39 is 0 Å². The lowest BCUT2D eigenvalue weighted by atomic mass is 9.88. The summed E-state index contributed by atoms with van der Waals surface area (Å²) in [6.07, 6.45) is 5.25. The van der Waals surface area contributed by atoms with E-state index in [2.05, 4.69) is 21.3 Å². The second kappa shape index (κ2) is 10.9. The summed E-state index contributed by atoms with van der Waals surface area (Å²) in [5, 5.41) is 12.9. The molecule has 2 aromatic rings. The van der Waals surface area contributed by atoms with Crippen molar-refractivity contribution in [1.82, 2.24) is 15.2 Å². The number of rotatable bonds is 8. The molecule has 172 valence electrons. The van der Waals surface area contributed by atoms with E-state index >= 15 is 0 Å². The summed E-state index contributed by atoms with van der Waals surface area (Å²) in [5.74, 6) is 0.942. The van der Waals surface area contributed by atoms with Crippen LogP contribution >= 0.6 is 0 Å². The van der Waals surface area contributed by atoms with Gasteiger partial charge < -0.3 is 19.9 Å². The number of amides is 1. The quantitative estimate of drug-likeness (QED) is 0.658. The summed E-state index contributed by atoms with van der Waals surface area (Å²) >= 11 is 0. The highest BCUT2D eigenvalue weighted by molar-refractivity contribution is 5.81. The highest BCUT2D eigenvalue weighted by Gasteiger charge is 2.33. The number of aliphatic hydroxyl groups excluding tert-OH is 1. The smallest absolute Gasteiger partial charge is 0.249 e. The molecular weight excluding hydrogens is 406 g/mol. The van der Waals surface area contributed by atoms with E-state index in [0.29, 0.717) is 12.4 Å². The second-order valence-corrected chi connectivity index (χ2v) is 8.68. The normalized spacial score (nSPS) is 22.4. The van der Waals surface area contributed by atoms with Crippen LogP contribution in [0.5, 0.6) is 5.75 Å². The first-order chi connectivity index (χ1) is 15.7. The molecule has 0 bridgehead atoms. The van der Waals surface area contributed by atoms with Crippen LogP contribution in [0.15, 0.2) is 42.6 Å². The number of aliphatic hydroxyl groups is 1. The van der Waals surface area contributed by atoms with Gasteiger partial charge in [-0.05, 0) is 68.0 Å². The molecule has 7 nitrogen and oxygen atoms in total. The van der Waals surface area contributed by atoms with Crippen LogP contribution in [0.2, 0.25) is 0 Å². The monoisotopic (exact) mass is 439 g/mol. The number of piperidine rings is 1. The molecule has 3 heterocycles. The molecule has 0 radical (unpaired) electrons. The second-order valence-electron chi connectivity index (χ2n) is 8.68. The Balaban J connectivity index is 1.47. The average Bonchev–Trinajstić information content (AvgIpc) is 3.38. The highest BCUT2D eigenvalue weighted by atomic mass is 16.5. The zero-order valence-corrected chi connectivity index (χ0v) is 18.7. The first kappa shape index (κ1) is 22.7. The van der Waals surface area contributed by atoms with Gasteiger partial charge in [0.1, 0.15) is 11.9 Å². The molecule has 2 fully saturated rings. The molecular formula is C25H33N3O4. The van der Waals surface area contributed by atoms with Gasteiger partial charge in [-0.25, -0.2) is 0 Å². The topological polar surface area (TPSA) is 83.9 Å². The Morgan fingerprint density at radius 1 is 1.31 bits per heavy atom. The standard InChI is InChI=1S/C25H33N3O4/c1-31-22-10-9-18(14-20(22)17-29)15-28-12-4-6-19(16-28)24(21-7-2-3-11-26-21)27-25(30)23-8-5-13-32-23/h2-3,7,9-11,14,19,23-24,29H,4-6,8,12-13,15-17H2,1H3,(H,27,30)/t19-,23-,24+/m0/s1. The molecule has 32 heavy (non-hydrogen) atoms. The van der Waals surface area contributed by atoms with Crippen molar-refractivity contribution < 1.29 is 19.4 Å². The minimum absolute atomic E-state index is 0.0296. The summed E-state index contributed by atoms with van der Waals surface area (Å²) < 4.78 is 10.9. The van der Waals surface area contributed by atoms with Gasteiger partial charge in [0.2, 0.25) is 5.91 Å². The number of carbonyl (C=O) groups is 1. The molecule has 7 heteroatoms. The van der Waals surface area contributed by atoms with Crippen LogP contribution < -0.4 is 10.1 Å². The van der Waals surface area contributed by atoms with Crippen molar-refractivity contribution in [3.63, 3.8) is 0 Å². The number of benzene rings is 1. The molecule has 1 aromatic carbocycles. The molecule has 0 saturated carbocycles. The van der Waals surface area contributed by atoms with E-state index in [-0.39, 0.29) is 30.6 Å². The van der Waals surface area contributed by atoms with Crippen molar-refractivity contribution in [2.75, 3.05) is 26.8 Å². The average molecular weight is 440 g/mol. The highest BCUT2D eigenvalue weighted by Crippen LogP contribution is 2.31. The van der Waals surface area contributed by atoms with Crippen molar-refractivity contribution in [3.8, 4) is 5.75 Å². The largest absolute Gasteiger partial charge is 0.496 e. The molecule has 2 saturated heterocycles. The van der Waals surface area contributed by atoms with Gasteiger partial charge in [-0.15, -0.1) is 0 Å². The summed E-state index contributed by atoms with van der Waals surface area (Å²) in [6, 6.07) is 11.7. The van der Waals surface area contributed by atoms with Crippen LogP contribution in [0.4, 0.5) is 0 Å². The zero-order chi connectivity index (χ0) is 22.3. The molecule has 0 unspecified atom stereocenters. The first-order valence-corrected chi connectivity index (χ1v) is 11.5. The van der Waals surface area contributed by atoms with Crippen LogP contribution in [0.25, 0.3) is 0 Å². The minimum atomic E-state index is -0.350. The summed E-state index contributed by atoms with van der Waals surface area (Å²) in [6.45, 7) is 3.28. The van der Waals surface area contributed by atoms with E-state index in [1.54, 1.807) is 13.3 Å². The van der Waals surface area contributed by atoms with Gasteiger partial charge in [-0.1, -0.05) is 12.1 Å². The molecule has 0 aliphatic carbocycles. The third kappa shape index (κ3) is 5.46. The maximum atomic E-state index is 12.9. The number of nitrogens with zero attached hydrogens (tertiary/aromatic N) is 2. The lowest BCUT2D eigenvalue weighted by Crippen LogP contribution is -2.45. The lowest BCUT2D eigenvalue weighted by molar-refractivity contribution is -0.131. The van der Waals surface area contributed by atoms with Crippen molar-refractivity contribution in [2.45, 2.75) is 51.0 Å². The van der Waals surface area contributed by atoms with Gasteiger partial charge in [0.05, 0.1) is 25.5 Å². The van der Waals surface area contributed by atoms with Crippen molar-refractivity contribution in [3.05, 3.63) is 59.4 Å². The minimum Gasteiger partial charge on any atom is -0.496 e. The Morgan fingerprint density at radius 2 is 2.22 bits per heavy atom. The molecule has 4 rings (SSSR count). The molecule has 1 amide bonds. The van der Waals surface area contributed by atoms with E-state index in [4.69, 9.17) is 9.47 Å². The first-order valence-electron chi connectivity index (χ1n) is 11.5. The summed E-state index contributed by atoms with van der Waals surface area (Å²) in [4.78, 5) is 19.9. The van der Waals surface area contributed by atoms with Crippen molar-refractivity contribution >= 4 is 5.91 Å². The van der Waals surface area contributed by atoms with Gasteiger partial charge in [0, 0.05) is 31.5 Å². The van der Waals surface area contributed by atoms with Crippen molar-refractivity contribution in [2.24, 2.45) is 5.92 Å². The number of aromatic nitrogens is 1. The van der Waals surface area contributed by atoms with E-state index in [9.17, 15) is 9.90 Å². The predicted octanol–water partition coefficient (Wildman–Crippen LogP) is 2.83. The number of methoxy groups -OCH3 is 1. The number of ether oxygens (including phenoxy) is 2. The number of pyridine rings is 1. The van der Waals surface area contributed by atoms with Crippen LogP contribution in [0, 0.1) is 5.92 Å². The van der Waals surface area contributed by atoms with Crippen molar-refractivity contribution in [1.29, 1.82) is 0 Å². The van der Waals surface area contributed by atoms with Gasteiger partial charge in [0.25, 0.3) is 0 Å². The summed E-state index contributed by atoms with van der Waals surface area (Å²) in [5.41, 5.74) is 2.85. The number of nitrogens with one attached hydrogen (secondary N) is 1. The van der Waals surface area contributed by atoms with E-state index in [0.717, 1.165) is 62.1 Å². The third-order valence-electron chi connectivity index (χ3n) is 6.46. The fourth-order valence-corrected chi connectivity index (χ4v) is 4.84. The molecule has 0 spiro atoms. The fraction of sp³-hybridized carbons (Fsp3) is 0.520. The Morgan fingerprint density at radius 3 is 2.94 bits per heavy atom. The van der Waals surface area contributed by atoms with Crippen LogP contribution in [0.3, 0.4) is 0 Å². The molecule has 2 aliphatic rings. The van der Waals surface area contributed by atoms with Gasteiger partial charge in [0.15, 0.2) is 0 Å². The Bertz CT molecular complexity index is 886. The third-order valence-corrected chi connectivity index (χ3v) is 6.46. The SMILES string of the molecule is COc1ccc(CN2CCC[C@H]([C@@H](NC(=O)[C@@H]3CCCO3)c3ccccn3)C2)cc1CO. The van der Waals surface area contributed by atoms with Gasteiger partial charge in [-0.2, -0.15) is 0 Å². The Hall–Kier alpha value is -2.48. The summed E-state index contributed by atoms with van der Waals surface area (Å²) in [7, 11) is 1.62. The maximum absolute atomic E-state index is 12.9. The Labute approximate surface area is 189 Å². The fourth-order valence-electron chi connectivity index (χ4n) is 4.84. The maximum Gasteiger partial charge on any atom is 0.249 e. The molecule has 1 aromatic heterocycles. The van der Waals surface area contributed by atoms with Crippen LogP contribution in [-0.4, -0.2) is 53.8 Å². The molecule has 2 N–H and O–H groups in total. The number of likely N-dealkylation sites (tertiary alicyclic amines) is 1. The van der Waals surface area contributed by atoms with E-state index in [1.807, 2.05) is 30.3 Å². The number of carbonyl (C=O) groups excluding carboxylic acids is 1. The van der Waals surface area contributed by atoms with Crippen LogP contribution in [-0.2, 0) is 22.7 Å². The van der Waals surface area contributed by atoms with Gasteiger partial charge in [-0.3, -0.25) is 14.7 Å². The molecule has 3 atom stereocenters.